The lowest BCUT2D eigenvalue weighted by molar-refractivity contribution is -0.0126. The molecule has 5 heteroatoms. The van der Waals surface area contributed by atoms with Gasteiger partial charge >= 0.3 is 0 Å². The Morgan fingerprint density at radius 3 is 2.56 bits per heavy atom. The van der Waals surface area contributed by atoms with Crippen LogP contribution < -0.4 is 0 Å². The topological polar surface area (TPSA) is 27.7 Å². The van der Waals surface area contributed by atoms with Crippen molar-refractivity contribution < 1.29 is 23.0 Å². The Bertz CT molecular complexity index is 650. The first-order valence-corrected chi connectivity index (χ1v) is 9.56. The fraction of sp³-hybridized carbons (Fsp3) is 0.545. The minimum atomic E-state index is -0.934. The molecular formula is C22H30F2O3. The third-order valence-corrected chi connectivity index (χ3v) is 5.10. The quantitative estimate of drug-likeness (QED) is 0.291. The van der Waals surface area contributed by atoms with E-state index in [1.165, 1.54) is 14.0 Å². The van der Waals surface area contributed by atoms with Crippen LogP contribution in [0, 0.1) is 5.92 Å². The third kappa shape index (κ3) is 5.80. The van der Waals surface area contributed by atoms with Crippen molar-refractivity contribution in [1.82, 2.24) is 0 Å². The summed E-state index contributed by atoms with van der Waals surface area (Å²) in [6.07, 6.45) is 9.45. The van der Waals surface area contributed by atoms with Crippen LogP contribution in [0.3, 0.4) is 0 Å². The van der Waals surface area contributed by atoms with Gasteiger partial charge in [0.05, 0.1) is 32.2 Å². The maximum Gasteiger partial charge on any atom is 0.196 e. The molecule has 0 N–H and O–H groups in total. The Balaban J connectivity index is 1.99. The zero-order valence-corrected chi connectivity index (χ0v) is 16.5. The van der Waals surface area contributed by atoms with Gasteiger partial charge in [0.15, 0.2) is 11.7 Å². The first kappa shape index (κ1) is 21.4. The summed E-state index contributed by atoms with van der Waals surface area (Å²) in [6.45, 7) is 8.29. The van der Waals surface area contributed by atoms with Gasteiger partial charge in [0.1, 0.15) is 5.76 Å². The molecular weight excluding hydrogens is 350 g/mol. The molecule has 0 saturated carbocycles. The van der Waals surface area contributed by atoms with Crippen molar-refractivity contribution in [2.24, 2.45) is 5.92 Å². The lowest BCUT2D eigenvalue weighted by Gasteiger charge is -2.28. The maximum atomic E-state index is 14.5. The largest absolute Gasteiger partial charge is 0.498 e. The molecule has 0 spiro atoms. The molecule has 0 aromatic carbocycles. The fourth-order valence-corrected chi connectivity index (χ4v) is 3.26. The van der Waals surface area contributed by atoms with Crippen molar-refractivity contribution in [2.45, 2.75) is 52.1 Å². The molecule has 1 aliphatic heterocycles. The summed E-state index contributed by atoms with van der Waals surface area (Å²) >= 11 is 0. The lowest BCUT2D eigenvalue weighted by Crippen LogP contribution is -2.27. The average Bonchev–Trinajstić information content (AvgIpc) is 2.72. The summed E-state index contributed by atoms with van der Waals surface area (Å²) in [6, 6.07) is 0. The molecule has 2 unspecified atom stereocenters. The Kier molecular flexibility index (Phi) is 8.29. The van der Waals surface area contributed by atoms with Gasteiger partial charge in [0, 0.05) is 12.3 Å². The monoisotopic (exact) mass is 380 g/mol. The number of methoxy groups -OCH3 is 1. The van der Waals surface area contributed by atoms with Crippen LogP contribution in [0.25, 0.3) is 0 Å². The third-order valence-electron chi connectivity index (χ3n) is 5.10. The second-order valence-corrected chi connectivity index (χ2v) is 6.91. The predicted octanol–water partition coefficient (Wildman–Crippen LogP) is 6.07. The Labute approximate surface area is 161 Å². The van der Waals surface area contributed by atoms with E-state index in [1.54, 1.807) is 0 Å². The molecule has 150 valence electrons. The van der Waals surface area contributed by atoms with Crippen LogP contribution in [-0.4, -0.2) is 26.4 Å². The summed E-state index contributed by atoms with van der Waals surface area (Å²) in [5.41, 5.74) is 1.19. The van der Waals surface area contributed by atoms with Gasteiger partial charge in [0.2, 0.25) is 0 Å². The SMILES string of the molecule is C=CC1CCC(COC2=CC=C(/C(CC)=C(F)/C(F)=C(\C)OC)CC2)CO1. The van der Waals surface area contributed by atoms with Gasteiger partial charge < -0.3 is 14.2 Å². The number of halogens is 2. The highest BCUT2D eigenvalue weighted by atomic mass is 19.2. The van der Waals surface area contributed by atoms with Crippen molar-refractivity contribution in [1.29, 1.82) is 0 Å². The van der Waals surface area contributed by atoms with Crippen molar-refractivity contribution in [3.8, 4) is 0 Å². The highest BCUT2D eigenvalue weighted by molar-refractivity contribution is 5.43. The van der Waals surface area contributed by atoms with Crippen LogP contribution >= 0.6 is 0 Å². The van der Waals surface area contributed by atoms with Gasteiger partial charge in [-0.15, -0.1) is 6.58 Å². The first-order chi connectivity index (χ1) is 13.0. The molecule has 1 saturated heterocycles. The van der Waals surface area contributed by atoms with Crippen molar-refractivity contribution in [3.05, 3.63) is 59.1 Å². The van der Waals surface area contributed by atoms with Crippen LogP contribution in [-0.2, 0) is 14.2 Å². The average molecular weight is 380 g/mol. The van der Waals surface area contributed by atoms with Crippen LogP contribution in [0.15, 0.2) is 59.1 Å². The Morgan fingerprint density at radius 1 is 1.26 bits per heavy atom. The smallest absolute Gasteiger partial charge is 0.196 e. The molecule has 0 aromatic rings. The van der Waals surface area contributed by atoms with Crippen LogP contribution in [0.4, 0.5) is 8.78 Å². The second-order valence-electron chi connectivity index (χ2n) is 6.91. The van der Waals surface area contributed by atoms with Gasteiger partial charge in [-0.3, -0.25) is 0 Å². The van der Waals surface area contributed by atoms with Gasteiger partial charge in [-0.05, 0) is 49.8 Å². The predicted molar refractivity (Wildman–Crippen MR) is 103 cm³/mol. The lowest BCUT2D eigenvalue weighted by atomic mass is 9.93. The summed E-state index contributed by atoms with van der Waals surface area (Å²) in [5.74, 6) is -0.562. The fourth-order valence-electron chi connectivity index (χ4n) is 3.26. The summed E-state index contributed by atoms with van der Waals surface area (Å²) in [5, 5.41) is 0. The minimum absolute atomic E-state index is 0.0529. The van der Waals surface area contributed by atoms with Gasteiger partial charge in [-0.2, -0.15) is 0 Å². The maximum absolute atomic E-state index is 14.5. The number of hydrogen-bond donors (Lipinski definition) is 0. The second kappa shape index (κ2) is 10.5. The number of ether oxygens (including phenoxy) is 3. The van der Waals surface area contributed by atoms with E-state index in [1.807, 2.05) is 25.2 Å². The van der Waals surface area contributed by atoms with Crippen molar-refractivity contribution in [3.63, 3.8) is 0 Å². The zero-order valence-electron chi connectivity index (χ0n) is 16.5. The van der Waals surface area contributed by atoms with Crippen LogP contribution in [0.2, 0.25) is 0 Å². The highest BCUT2D eigenvalue weighted by Gasteiger charge is 2.22. The summed E-state index contributed by atoms with van der Waals surface area (Å²) in [7, 11) is 1.33. The Hall–Kier alpha value is -1.88. The minimum Gasteiger partial charge on any atom is -0.498 e. The zero-order chi connectivity index (χ0) is 19.8. The van der Waals surface area contributed by atoms with E-state index >= 15 is 0 Å². The molecule has 1 aliphatic carbocycles. The molecule has 27 heavy (non-hydrogen) atoms. The van der Waals surface area contributed by atoms with E-state index in [4.69, 9.17) is 14.2 Å². The van der Waals surface area contributed by atoms with Crippen molar-refractivity contribution >= 4 is 0 Å². The van der Waals surface area contributed by atoms with E-state index in [9.17, 15) is 8.78 Å². The van der Waals surface area contributed by atoms with E-state index in [-0.39, 0.29) is 11.9 Å². The van der Waals surface area contributed by atoms with E-state index < -0.39 is 11.7 Å². The molecule has 0 radical (unpaired) electrons. The molecule has 3 nitrogen and oxygen atoms in total. The molecule has 2 aliphatic rings. The first-order valence-electron chi connectivity index (χ1n) is 9.56. The molecule has 0 amide bonds. The molecule has 0 bridgehead atoms. The van der Waals surface area contributed by atoms with E-state index in [0.29, 0.717) is 44.0 Å². The molecule has 1 fully saturated rings. The standard InChI is InChI=1S/C22H30F2O3/c1-5-18-10-7-16(13-26-18)14-27-19-11-8-17(9-12-19)20(6-2)22(24)21(23)15(3)25-4/h5,8,11,16,18H,1,6-7,9-10,12-14H2,2-4H3/b21-15-,22-20-. The molecule has 0 aromatic heterocycles. The summed E-state index contributed by atoms with van der Waals surface area (Å²) < 4.78 is 45.0. The summed E-state index contributed by atoms with van der Waals surface area (Å²) in [4.78, 5) is 0. The van der Waals surface area contributed by atoms with Gasteiger partial charge in [0.25, 0.3) is 0 Å². The number of hydrogen-bond acceptors (Lipinski definition) is 3. The van der Waals surface area contributed by atoms with Gasteiger partial charge in [-0.1, -0.05) is 19.1 Å². The number of rotatable bonds is 8. The van der Waals surface area contributed by atoms with Gasteiger partial charge in [-0.25, -0.2) is 8.78 Å². The molecule has 2 rings (SSSR count). The highest BCUT2D eigenvalue weighted by Crippen LogP contribution is 2.33. The normalized spacial score (nSPS) is 24.9. The Morgan fingerprint density at radius 2 is 2.04 bits per heavy atom. The van der Waals surface area contributed by atoms with E-state index in [0.717, 1.165) is 24.2 Å². The van der Waals surface area contributed by atoms with Crippen LogP contribution in [0.1, 0.15) is 46.0 Å². The van der Waals surface area contributed by atoms with Crippen molar-refractivity contribution in [2.75, 3.05) is 20.3 Å². The van der Waals surface area contributed by atoms with E-state index in [2.05, 4.69) is 6.58 Å². The molecule has 1 heterocycles. The molecule has 2 atom stereocenters. The number of allylic oxidation sites excluding steroid dienone is 8. The van der Waals surface area contributed by atoms with Crippen LogP contribution in [0.5, 0.6) is 0 Å².